The van der Waals surface area contributed by atoms with Crippen molar-refractivity contribution in [3.63, 3.8) is 0 Å². The van der Waals surface area contributed by atoms with Gasteiger partial charge in [-0.1, -0.05) is 11.6 Å². The highest BCUT2D eigenvalue weighted by atomic mass is 35.5. The zero-order chi connectivity index (χ0) is 9.97. The lowest BCUT2D eigenvalue weighted by molar-refractivity contribution is 0.672. The lowest BCUT2D eigenvalue weighted by Crippen LogP contribution is -2.19. The number of hydrogen-bond acceptors (Lipinski definition) is 4. The Bertz CT molecular complexity index is 336. The zero-order valence-corrected chi connectivity index (χ0v) is 9.92. The Labute approximate surface area is 94.3 Å². The first-order valence-corrected chi connectivity index (χ1v) is 7.01. The average molecular weight is 251 g/mol. The summed E-state index contributed by atoms with van der Waals surface area (Å²) in [5.41, 5.74) is 0. The fourth-order valence-corrected chi connectivity index (χ4v) is 4.09. The largest absolute Gasteiger partial charge is 0.315 e. The second kappa shape index (κ2) is 4.70. The molecule has 2 atom stereocenters. The second-order valence-electron chi connectivity index (χ2n) is 3.22. The molecule has 78 valence electrons. The molecule has 1 N–H and O–H groups in total. The number of aromatic nitrogens is 1. The molecule has 1 fully saturated rings. The number of rotatable bonds is 3. The van der Waals surface area contributed by atoms with E-state index in [0.717, 1.165) is 24.4 Å². The van der Waals surface area contributed by atoms with Crippen LogP contribution >= 0.6 is 22.9 Å². The molecule has 0 aliphatic carbocycles. The summed E-state index contributed by atoms with van der Waals surface area (Å²) in [6, 6.07) is 0. The van der Waals surface area contributed by atoms with Crippen molar-refractivity contribution in [2.24, 2.45) is 0 Å². The van der Waals surface area contributed by atoms with E-state index in [1.165, 1.54) is 11.3 Å². The molecular weight excluding hydrogens is 240 g/mol. The Balaban J connectivity index is 1.93. The highest BCUT2D eigenvalue weighted by Gasteiger charge is 2.21. The molecule has 2 rings (SSSR count). The van der Waals surface area contributed by atoms with Gasteiger partial charge in [0.2, 0.25) is 0 Å². The van der Waals surface area contributed by atoms with E-state index < -0.39 is 10.8 Å². The van der Waals surface area contributed by atoms with Gasteiger partial charge in [-0.2, -0.15) is 0 Å². The van der Waals surface area contributed by atoms with E-state index in [0.29, 0.717) is 15.5 Å². The molecule has 0 radical (unpaired) electrons. The minimum absolute atomic E-state index is 0.302. The van der Waals surface area contributed by atoms with Gasteiger partial charge in [0.15, 0.2) is 4.47 Å². The molecule has 1 aliphatic rings. The third kappa shape index (κ3) is 2.53. The highest BCUT2D eigenvalue weighted by Crippen LogP contribution is 2.21. The average Bonchev–Trinajstić information content (AvgIpc) is 2.75. The van der Waals surface area contributed by atoms with Crippen molar-refractivity contribution >= 4 is 33.7 Å². The minimum atomic E-state index is -0.784. The van der Waals surface area contributed by atoms with Gasteiger partial charge in [0.05, 0.1) is 5.75 Å². The fraction of sp³-hybridized carbons (Fsp3) is 0.625. The first-order chi connectivity index (χ1) is 6.75. The minimum Gasteiger partial charge on any atom is -0.315 e. The highest BCUT2D eigenvalue weighted by molar-refractivity contribution is 7.85. The molecule has 0 saturated carbocycles. The van der Waals surface area contributed by atoms with Gasteiger partial charge in [0.25, 0.3) is 0 Å². The maximum absolute atomic E-state index is 11.8. The quantitative estimate of drug-likeness (QED) is 0.882. The van der Waals surface area contributed by atoms with E-state index in [9.17, 15) is 4.21 Å². The lowest BCUT2D eigenvalue weighted by Gasteiger charge is -2.06. The Hall–Kier alpha value is 0.0300. The van der Waals surface area contributed by atoms with Gasteiger partial charge < -0.3 is 5.32 Å². The van der Waals surface area contributed by atoms with Crippen LogP contribution in [0, 0.1) is 0 Å². The van der Waals surface area contributed by atoms with Crippen molar-refractivity contribution in [3.05, 3.63) is 15.5 Å². The van der Waals surface area contributed by atoms with Gasteiger partial charge in [-0.3, -0.25) is 4.21 Å². The number of halogens is 1. The monoisotopic (exact) mass is 250 g/mol. The predicted octanol–water partition coefficient (Wildman–Crippen LogP) is 1.41. The summed E-state index contributed by atoms with van der Waals surface area (Å²) in [4.78, 5) is 4.94. The standard InChI is InChI=1S/C8H11ClN2OS2/c9-8-11-3-6(13-8)5-14(12)7-1-2-10-4-7/h3,7,10H,1-2,4-5H2. The third-order valence-corrected chi connectivity index (χ3v) is 5.24. The topological polar surface area (TPSA) is 42.0 Å². The van der Waals surface area contributed by atoms with Gasteiger partial charge >= 0.3 is 0 Å². The first kappa shape index (κ1) is 10.5. The SMILES string of the molecule is O=S(Cc1cnc(Cl)s1)C1CCNC1. The number of nitrogens with zero attached hydrogens (tertiary/aromatic N) is 1. The molecule has 1 aromatic rings. The molecule has 14 heavy (non-hydrogen) atoms. The van der Waals surface area contributed by atoms with Gasteiger partial charge in [0, 0.05) is 33.7 Å². The molecule has 0 spiro atoms. The van der Waals surface area contributed by atoms with Crippen molar-refractivity contribution < 1.29 is 4.21 Å². The van der Waals surface area contributed by atoms with E-state index in [-0.39, 0.29) is 0 Å². The predicted molar refractivity (Wildman–Crippen MR) is 60.2 cm³/mol. The van der Waals surface area contributed by atoms with E-state index in [1.807, 2.05) is 0 Å². The Morgan fingerprint density at radius 3 is 3.21 bits per heavy atom. The maximum Gasteiger partial charge on any atom is 0.183 e. The summed E-state index contributed by atoms with van der Waals surface area (Å²) in [5, 5.41) is 3.51. The van der Waals surface area contributed by atoms with Crippen LogP contribution in [0.4, 0.5) is 0 Å². The zero-order valence-electron chi connectivity index (χ0n) is 7.53. The summed E-state index contributed by atoms with van der Waals surface area (Å²) in [5.74, 6) is 0.594. The maximum atomic E-state index is 11.8. The van der Waals surface area contributed by atoms with E-state index in [2.05, 4.69) is 10.3 Å². The summed E-state index contributed by atoms with van der Waals surface area (Å²) in [6.07, 6.45) is 2.73. The van der Waals surface area contributed by atoms with Gasteiger partial charge in [-0.15, -0.1) is 11.3 Å². The Morgan fingerprint density at radius 2 is 2.64 bits per heavy atom. The Morgan fingerprint density at radius 1 is 1.79 bits per heavy atom. The molecule has 2 unspecified atom stereocenters. The summed E-state index contributed by atoms with van der Waals surface area (Å²) in [7, 11) is -0.784. The van der Waals surface area contributed by atoms with Crippen LogP contribution < -0.4 is 5.32 Å². The van der Waals surface area contributed by atoms with Crippen LogP contribution in [0.2, 0.25) is 4.47 Å². The second-order valence-corrected chi connectivity index (χ2v) is 6.63. The summed E-state index contributed by atoms with van der Waals surface area (Å²) < 4.78 is 12.4. The van der Waals surface area contributed by atoms with E-state index in [4.69, 9.17) is 11.6 Å². The van der Waals surface area contributed by atoms with Gasteiger partial charge in [-0.05, 0) is 13.0 Å². The molecule has 1 aromatic heterocycles. The number of hydrogen-bond donors (Lipinski definition) is 1. The summed E-state index contributed by atoms with van der Waals surface area (Å²) in [6.45, 7) is 1.86. The van der Waals surface area contributed by atoms with Crippen molar-refractivity contribution in [2.75, 3.05) is 13.1 Å². The van der Waals surface area contributed by atoms with Crippen LogP contribution in [0.1, 0.15) is 11.3 Å². The molecular formula is C8H11ClN2OS2. The molecule has 0 aromatic carbocycles. The van der Waals surface area contributed by atoms with E-state index in [1.54, 1.807) is 6.20 Å². The van der Waals surface area contributed by atoms with Crippen molar-refractivity contribution in [1.29, 1.82) is 0 Å². The summed E-state index contributed by atoms with van der Waals surface area (Å²) >= 11 is 7.12. The van der Waals surface area contributed by atoms with Crippen LogP contribution in [0.15, 0.2) is 6.20 Å². The molecule has 2 heterocycles. The van der Waals surface area contributed by atoms with Crippen molar-refractivity contribution in [2.45, 2.75) is 17.4 Å². The molecule has 0 bridgehead atoms. The van der Waals surface area contributed by atoms with Crippen LogP contribution in [0.5, 0.6) is 0 Å². The smallest absolute Gasteiger partial charge is 0.183 e. The first-order valence-electron chi connectivity index (χ1n) is 4.44. The van der Waals surface area contributed by atoms with E-state index >= 15 is 0 Å². The molecule has 3 nitrogen and oxygen atoms in total. The van der Waals surface area contributed by atoms with Gasteiger partial charge in [0.1, 0.15) is 0 Å². The third-order valence-electron chi connectivity index (χ3n) is 2.20. The van der Waals surface area contributed by atoms with Crippen molar-refractivity contribution in [1.82, 2.24) is 10.3 Å². The molecule has 1 saturated heterocycles. The molecule has 0 amide bonds. The molecule has 6 heteroatoms. The molecule has 1 aliphatic heterocycles. The van der Waals surface area contributed by atoms with Crippen LogP contribution in [0.3, 0.4) is 0 Å². The van der Waals surface area contributed by atoms with Crippen LogP contribution in [-0.4, -0.2) is 27.5 Å². The lowest BCUT2D eigenvalue weighted by atomic mass is 10.4. The normalized spacial score (nSPS) is 23.9. The van der Waals surface area contributed by atoms with Gasteiger partial charge in [-0.25, -0.2) is 4.98 Å². The van der Waals surface area contributed by atoms with Crippen LogP contribution in [0.25, 0.3) is 0 Å². The fourth-order valence-electron chi connectivity index (χ4n) is 1.46. The Kier molecular flexibility index (Phi) is 3.54. The van der Waals surface area contributed by atoms with Crippen LogP contribution in [-0.2, 0) is 16.6 Å². The van der Waals surface area contributed by atoms with Crippen molar-refractivity contribution in [3.8, 4) is 0 Å². The number of nitrogens with one attached hydrogen (secondary N) is 1. The number of thiazole rings is 1.